The Balaban J connectivity index is 2.57. The Morgan fingerprint density at radius 2 is 1.93 bits per heavy atom. The normalized spacial score (nSPS) is 12.5. The highest BCUT2D eigenvalue weighted by Gasteiger charge is 2.06. The maximum absolute atomic E-state index is 5.53. The second-order valence-corrected chi connectivity index (χ2v) is 3.79. The molecule has 0 heterocycles. The SMILES string of the molecule is CCCOC(Br)c1ccc(OC)cc1. The molecule has 0 aliphatic heterocycles. The number of hydrogen-bond donors (Lipinski definition) is 0. The monoisotopic (exact) mass is 258 g/mol. The van der Waals surface area contributed by atoms with Crippen molar-refractivity contribution in [1.82, 2.24) is 0 Å². The molecule has 78 valence electrons. The highest BCUT2D eigenvalue weighted by molar-refractivity contribution is 9.09. The first-order valence-corrected chi connectivity index (χ1v) is 5.59. The number of halogens is 1. The summed E-state index contributed by atoms with van der Waals surface area (Å²) < 4.78 is 10.6. The molecule has 1 aromatic carbocycles. The van der Waals surface area contributed by atoms with Crippen LogP contribution in [0.15, 0.2) is 24.3 Å². The first kappa shape index (κ1) is 11.5. The van der Waals surface area contributed by atoms with Crippen molar-refractivity contribution in [2.75, 3.05) is 13.7 Å². The number of ether oxygens (including phenoxy) is 2. The first-order valence-electron chi connectivity index (χ1n) is 4.67. The van der Waals surface area contributed by atoms with Crippen LogP contribution in [0.5, 0.6) is 5.75 Å². The molecule has 1 unspecified atom stereocenters. The van der Waals surface area contributed by atoms with Crippen LogP contribution in [0.3, 0.4) is 0 Å². The van der Waals surface area contributed by atoms with E-state index in [4.69, 9.17) is 9.47 Å². The summed E-state index contributed by atoms with van der Waals surface area (Å²) in [5.41, 5.74) is 1.11. The van der Waals surface area contributed by atoms with Gasteiger partial charge in [-0.3, -0.25) is 0 Å². The number of benzene rings is 1. The molecule has 0 saturated heterocycles. The van der Waals surface area contributed by atoms with Crippen LogP contribution in [0.25, 0.3) is 0 Å². The molecule has 0 saturated carbocycles. The number of alkyl halides is 1. The molecule has 0 N–H and O–H groups in total. The zero-order valence-corrected chi connectivity index (χ0v) is 10.1. The van der Waals surface area contributed by atoms with Crippen LogP contribution < -0.4 is 4.74 Å². The topological polar surface area (TPSA) is 18.5 Å². The van der Waals surface area contributed by atoms with E-state index in [1.54, 1.807) is 7.11 Å². The predicted molar refractivity (Wildman–Crippen MR) is 60.9 cm³/mol. The van der Waals surface area contributed by atoms with Crippen molar-refractivity contribution >= 4 is 15.9 Å². The molecular formula is C11H15BrO2. The van der Waals surface area contributed by atoms with Crippen LogP contribution in [0, 0.1) is 0 Å². The molecule has 1 atom stereocenters. The molecule has 0 fully saturated rings. The summed E-state index contributed by atoms with van der Waals surface area (Å²) in [4.78, 5) is 0. The van der Waals surface area contributed by atoms with Gasteiger partial charge in [0.2, 0.25) is 0 Å². The summed E-state index contributed by atoms with van der Waals surface area (Å²) in [5.74, 6) is 0.865. The van der Waals surface area contributed by atoms with E-state index in [2.05, 4.69) is 22.9 Å². The van der Waals surface area contributed by atoms with Gasteiger partial charge in [0, 0.05) is 6.61 Å². The van der Waals surface area contributed by atoms with Gasteiger partial charge in [0.25, 0.3) is 0 Å². The lowest BCUT2D eigenvalue weighted by Crippen LogP contribution is -1.97. The Bertz CT molecular complexity index is 258. The fourth-order valence-corrected chi connectivity index (χ4v) is 1.56. The van der Waals surface area contributed by atoms with E-state index in [1.807, 2.05) is 24.3 Å². The minimum atomic E-state index is -0.0200. The summed E-state index contributed by atoms with van der Waals surface area (Å²) in [6.45, 7) is 2.86. The van der Waals surface area contributed by atoms with E-state index >= 15 is 0 Å². The van der Waals surface area contributed by atoms with Crippen LogP contribution in [-0.4, -0.2) is 13.7 Å². The first-order chi connectivity index (χ1) is 6.77. The quantitative estimate of drug-likeness (QED) is 0.753. The van der Waals surface area contributed by atoms with Gasteiger partial charge < -0.3 is 9.47 Å². The van der Waals surface area contributed by atoms with Crippen LogP contribution in [0.2, 0.25) is 0 Å². The van der Waals surface area contributed by atoms with Crippen molar-refractivity contribution in [3.8, 4) is 5.75 Å². The minimum Gasteiger partial charge on any atom is -0.497 e. The third-order valence-corrected chi connectivity index (χ3v) is 2.64. The van der Waals surface area contributed by atoms with Gasteiger partial charge in [-0.2, -0.15) is 0 Å². The molecule has 0 radical (unpaired) electrons. The fraction of sp³-hybridized carbons (Fsp3) is 0.455. The van der Waals surface area contributed by atoms with Crippen LogP contribution in [0.1, 0.15) is 23.9 Å². The summed E-state index contributed by atoms with van der Waals surface area (Å²) in [6.07, 6.45) is 1.03. The lowest BCUT2D eigenvalue weighted by molar-refractivity contribution is 0.118. The largest absolute Gasteiger partial charge is 0.497 e. The zero-order valence-electron chi connectivity index (χ0n) is 8.50. The van der Waals surface area contributed by atoms with Crippen molar-refractivity contribution in [3.05, 3.63) is 29.8 Å². The second-order valence-electron chi connectivity index (χ2n) is 2.96. The van der Waals surface area contributed by atoms with Crippen LogP contribution in [0.4, 0.5) is 0 Å². The standard InChI is InChI=1S/C11H15BrO2/c1-3-8-14-11(12)9-4-6-10(13-2)7-5-9/h4-7,11H,3,8H2,1-2H3. The van der Waals surface area contributed by atoms with E-state index in [0.717, 1.165) is 24.3 Å². The van der Waals surface area contributed by atoms with E-state index in [-0.39, 0.29) is 5.01 Å². The molecule has 0 aromatic heterocycles. The van der Waals surface area contributed by atoms with Gasteiger partial charge >= 0.3 is 0 Å². The molecule has 14 heavy (non-hydrogen) atoms. The smallest absolute Gasteiger partial charge is 0.137 e. The van der Waals surface area contributed by atoms with Gasteiger partial charge in [-0.25, -0.2) is 0 Å². The van der Waals surface area contributed by atoms with Crippen molar-refractivity contribution in [3.63, 3.8) is 0 Å². The molecule has 3 heteroatoms. The van der Waals surface area contributed by atoms with Gasteiger partial charge in [0.05, 0.1) is 7.11 Å². The Labute approximate surface area is 93.4 Å². The van der Waals surface area contributed by atoms with E-state index in [0.29, 0.717) is 0 Å². The predicted octanol–water partition coefficient (Wildman–Crippen LogP) is 3.52. The summed E-state index contributed by atoms with van der Waals surface area (Å²) in [7, 11) is 1.66. The summed E-state index contributed by atoms with van der Waals surface area (Å²) in [5, 5.41) is -0.0200. The Morgan fingerprint density at radius 1 is 1.29 bits per heavy atom. The van der Waals surface area contributed by atoms with Crippen LogP contribution in [-0.2, 0) is 4.74 Å². The average molecular weight is 259 g/mol. The highest BCUT2D eigenvalue weighted by atomic mass is 79.9. The zero-order chi connectivity index (χ0) is 10.4. The molecule has 0 spiro atoms. The Morgan fingerprint density at radius 3 is 2.43 bits per heavy atom. The Kier molecular flexibility index (Phi) is 4.98. The molecular weight excluding hydrogens is 244 g/mol. The maximum Gasteiger partial charge on any atom is 0.137 e. The lowest BCUT2D eigenvalue weighted by Gasteiger charge is -2.11. The van der Waals surface area contributed by atoms with Crippen molar-refractivity contribution in [2.24, 2.45) is 0 Å². The number of hydrogen-bond acceptors (Lipinski definition) is 2. The maximum atomic E-state index is 5.53. The third kappa shape index (κ3) is 3.31. The van der Waals surface area contributed by atoms with Gasteiger partial charge in [0.15, 0.2) is 0 Å². The van der Waals surface area contributed by atoms with Gasteiger partial charge in [-0.15, -0.1) is 0 Å². The number of methoxy groups -OCH3 is 1. The van der Waals surface area contributed by atoms with Gasteiger partial charge in [-0.05, 0) is 24.1 Å². The average Bonchev–Trinajstić information content (AvgIpc) is 2.26. The van der Waals surface area contributed by atoms with Gasteiger partial charge in [0.1, 0.15) is 10.8 Å². The minimum absolute atomic E-state index is 0.0200. The molecule has 1 aromatic rings. The lowest BCUT2D eigenvalue weighted by atomic mass is 10.2. The molecule has 0 aliphatic rings. The summed E-state index contributed by atoms with van der Waals surface area (Å²) in [6, 6.07) is 7.85. The van der Waals surface area contributed by atoms with Crippen molar-refractivity contribution < 1.29 is 9.47 Å². The number of rotatable bonds is 5. The third-order valence-electron chi connectivity index (χ3n) is 1.85. The van der Waals surface area contributed by atoms with Crippen LogP contribution >= 0.6 is 15.9 Å². The van der Waals surface area contributed by atoms with E-state index in [1.165, 1.54) is 0 Å². The fourth-order valence-electron chi connectivity index (χ4n) is 1.07. The Hall–Kier alpha value is -0.540. The molecule has 0 aliphatic carbocycles. The van der Waals surface area contributed by atoms with E-state index < -0.39 is 0 Å². The highest BCUT2D eigenvalue weighted by Crippen LogP contribution is 2.25. The summed E-state index contributed by atoms with van der Waals surface area (Å²) >= 11 is 3.47. The molecule has 2 nitrogen and oxygen atoms in total. The van der Waals surface area contributed by atoms with Crippen molar-refractivity contribution in [1.29, 1.82) is 0 Å². The molecule has 1 rings (SSSR count). The van der Waals surface area contributed by atoms with Crippen molar-refractivity contribution in [2.45, 2.75) is 18.4 Å². The van der Waals surface area contributed by atoms with E-state index in [9.17, 15) is 0 Å². The second kappa shape index (κ2) is 6.04. The molecule has 0 bridgehead atoms. The molecule has 0 amide bonds. The van der Waals surface area contributed by atoms with Gasteiger partial charge in [-0.1, -0.05) is 35.0 Å².